The summed E-state index contributed by atoms with van der Waals surface area (Å²) in [6, 6.07) is 4.09. The molecule has 1 aromatic carbocycles. The number of nitrogens with one attached hydrogen (secondary N) is 1. The van der Waals surface area contributed by atoms with E-state index in [1.807, 2.05) is 24.1 Å². The van der Waals surface area contributed by atoms with Crippen LogP contribution in [0.25, 0.3) is 11.6 Å². The van der Waals surface area contributed by atoms with Crippen molar-refractivity contribution >= 4 is 28.8 Å². The molecule has 114 valence electrons. The van der Waals surface area contributed by atoms with Crippen LogP contribution >= 0.6 is 0 Å². The van der Waals surface area contributed by atoms with Gasteiger partial charge in [0.15, 0.2) is 0 Å². The zero-order valence-electron chi connectivity index (χ0n) is 12.3. The second-order valence-electron chi connectivity index (χ2n) is 5.26. The standard InChI is InChI=1S/C16H16F2N4/c1-20-16-6-15-9(7-21-16)3-10(8-22(15)2)11-4-14(19)13(18)5-12(11)17/h3-7H,8,19H2,1-2H3,(H,20,21). The van der Waals surface area contributed by atoms with Gasteiger partial charge in [-0.2, -0.15) is 0 Å². The molecule has 22 heavy (non-hydrogen) atoms. The number of nitrogen functional groups attached to an aromatic ring is 1. The van der Waals surface area contributed by atoms with E-state index in [1.54, 1.807) is 13.2 Å². The molecule has 3 rings (SSSR count). The maximum atomic E-state index is 14.1. The number of nitrogens with zero attached hydrogens (tertiary/aromatic N) is 2. The normalized spacial score (nSPS) is 13.6. The van der Waals surface area contributed by atoms with Gasteiger partial charge in [0.1, 0.15) is 17.5 Å². The fourth-order valence-corrected chi connectivity index (χ4v) is 2.58. The molecule has 0 atom stereocenters. The van der Waals surface area contributed by atoms with Crippen LogP contribution < -0.4 is 16.0 Å². The molecule has 1 aliphatic heterocycles. The van der Waals surface area contributed by atoms with E-state index in [0.29, 0.717) is 12.1 Å². The summed E-state index contributed by atoms with van der Waals surface area (Å²) >= 11 is 0. The summed E-state index contributed by atoms with van der Waals surface area (Å²) < 4.78 is 27.4. The van der Waals surface area contributed by atoms with E-state index in [0.717, 1.165) is 28.7 Å². The number of nitrogens with two attached hydrogens (primary N) is 1. The maximum Gasteiger partial charge on any atom is 0.149 e. The molecule has 0 saturated heterocycles. The molecule has 0 unspecified atom stereocenters. The van der Waals surface area contributed by atoms with Crippen LogP contribution in [-0.2, 0) is 0 Å². The molecule has 2 heterocycles. The van der Waals surface area contributed by atoms with Gasteiger partial charge in [0.2, 0.25) is 0 Å². The molecule has 1 aromatic heterocycles. The van der Waals surface area contributed by atoms with E-state index in [1.165, 1.54) is 6.07 Å². The lowest BCUT2D eigenvalue weighted by atomic mass is 9.97. The Hall–Kier alpha value is -2.63. The highest BCUT2D eigenvalue weighted by atomic mass is 19.1. The first kappa shape index (κ1) is 14.3. The van der Waals surface area contributed by atoms with Crippen LogP contribution in [0.5, 0.6) is 0 Å². The van der Waals surface area contributed by atoms with Gasteiger partial charge >= 0.3 is 0 Å². The van der Waals surface area contributed by atoms with Crippen molar-refractivity contribution in [3.05, 3.63) is 47.2 Å². The Morgan fingerprint density at radius 1 is 1.23 bits per heavy atom. The topological polar surface area (TPSA) is 54.2 Å². The van der Waals surface area contributed by atoms with Crippen LogP contribution in [0.15, 0.2) is 24.4 Å². The number of fused-ring (bicyclic) bond motifs is 1. The quantitative estimate of drug-likeness (QED) is 0.837. The van der Waals surface area contributed by atoms with E-state index in [-0.39, 0.29) is 5.69 Å². The van der Waals surface area contributed by atoms with Crippen LogP contribution in [0, 0.1) is 11.6 Å². The Kier molecular flexibility index (Phi) is 3.44. The highest BCUT2D eigenvalue weighted by Crippen LogP contribution is 2.34. The zero-order chi connectivity index (χ0) is 15.9. The number of halogens is 2. The molecule has 0 aliphatic carbocycles. The van der Waals surface area contributed by atoms with Gasteiger partial charge in [-0.3, -0.25) is 0 Å². The van der Waals surface area contributed by atoms with Crippen LogP contribution in [0.3, 0.4) is 0 Å². The van der Waals surface area contributed by atoms with Gasteiger partial charge in [0.25, 0.3) is 0 Å². The minimum absolute atomic E-state index is 0.0607. The third-order valence-corrected chi connectivity index (χ3v) is 3.75. The molecule has 1 aliphatic rings. The third kappa shape index (κ3) is 2.36. The number of benzene rings is 1. The Balaban J connectivity index is 2.10. The van der Waals surface area contributed by atoms with Crippen molar-refractivity contribution in [2.75, 3.05) is 36.6 Å². The van der Waals surface area contributed by atoms with E-state index < -0.39 is 11.6 Å². The smallest absolute Gasteiger partial charge is 0.149 e. The lowest BCUT2D eigenvalue weighted by molar-refractivity contribution is 0.583. The van der Waals surface area contributed by atoms with Crippen molar-refractivity contribution in [3.8, 4) is 0 Å². The highest BCUT2D eigenvalue weighted by Gasteiger charge is 2.20. The number of anilines is 3. The van der Waals surface area contributed by atoms with Crippen molar-refractivity contribution < 1.29 is 8.78 Å². The van der Waals surface area contributed by atoms with Crippen molar-refractivity contribution in [1.29, 1.82) is 0 Å². The van der Waals surface area contributed by atoms with Gasteiger partial charge in [0, 0.05) is 55.8 Å². The Morgan fingerprint density at radius 2 is 2.00 bits per heavy atom. The molecule has 0 bridgehead atoms. The summed E-state index contributed by atoms with van der Waals surface area (Å²) in [6.07, 6.45) is 3.58. The largest absolute Gasteiger partial charge is 0.396 e. The van der Waals surface area contributed by atoms with Gasteiger partial charge in [-0.15, -0.1) is 0 Å². The summed E-state index contributed by atoms with van der Waals surface area (Å²) in [5.41, 5.74) is 8.43. The summed E-state index contributed by atoms with van der Waals surface area (Å²) in [6.45, 7) is 0.502. The molecule has 0 amide bonds. The van der Waals surface area contributed by atoms with Crippen LogP contribution in [0.4, 0.5) is 26.0 Å². The lowest BCUT2D eigenvalue weighted by Crippen LogP contribution is -2.24. The summed E-state index contributed by atoms with van der Waals surface area (Å²) in [4.78, 5) is 6.26. The first-order valence-corrected chi connectivity index (χ1v) is 6.84. The average Bonchev–Trinajstić information content (AvgIpc) is 2.50. The number of pyridine rings is 1. The summed E-state index contributed by atoms with van der Waals surface area (Å²) in [7, 11) is 3.71. The number of hydrogen-bond acceptors (Lipinski definition) is 4. The van der Waals surface area contributed by atoms with Gasteiger partial charge in [-0.05, 0) is 17.7 Å². The molecule has 4 nitrogen and oxygen atoms in total. The Bertz CT molecular complexity index is 771. The number of likely N-dealkylation sites (N-methyl/N-ethyl adjacent to an activating group) is 1. The van der Waals surface area contributed by atoms with Crippen molar-refractivity contribution in [1.82, 2.24) is 4.98 Å². The fraction of sp³-hybridized carbons (Fsp3) is 0.188. The number of rotatable bonds is 2. The van der Waals surface area contributed by atoms with Crippen LogP contribution in [0.1, 0.15) is 11.1 Å². The van der Waals surface area contributed by atoms with E-state index >= 15 is 0 Å². The van der Waals surface area contributed by atoms with Gasteiger partial charge in [-0.1, -0.05) is 0 Å². The summed E-state index contributed by atoms with van der Waals surface area (Å²) in [5.74, 6) is -0.596. The Labute approximate surface area is 127 Å². The minimum atomic E-state index is -0.744. The van der Waals surface area contributed by atoms with Crippen molar-refractivity contribution in [2.45, 2.75) is 0 Å². The molecule has 0 spiro atoms. The second-order valence-corrected chi connectivity index (χ2v) is 5.26. The fourth-order valence-electron chi connectivity index (χ4n) is 2.58. The SMILES string of the molecule is CNc1cc2c(cn1)C=C(c1cc(N)c(F)cc1F)CN2C. The third-order valence-electron chi connectivity index (χ3n) is 3.75. The first-order valence-electron chi connectivity index (χ1n) is 6.84. The van der Waals surface area contributed by atoms with Crippen LogP contribution in [-0.4, -0.2) is 25.6 Å². The molecular weight excluding hydrogens is 286 g/mol. The van der Waals surface area contributed by atoms with Crippen molar-refractivity contribution in [3.63, 3.8) is 0 Å². The van der Waals surface area contributed by atoms with Gasteiger partial charge < -0.3 is 16.0 Å². The van der Waals surface area contributed by atoms with Gasteiger partial charge in [-0.25, -0.2) is 13.8 Å². The maximum absolute atomic E-state index is 14.1. The zero-order valence-corrected chi connectivity index (χ0v) is 12.3. The minimum Gasteiger partial charge on any atom is -0.396 e. The predicted molar refractivity (Wildman–Crippen MR) is 85.7 cm³/mol. The first-order chi connectivity index (χ1) is 10.5. The number of aromatic nitrogens is 1. The highest BCUT2D eigenvalue weighted by molar-refractivity contribution is 5.91. The summed E-state index contributed by atoms with van der Waals surface area (Å²) in [5, 5.41) is 2.99. The Morgan fingerprint density at radius 3 is 2.73 bits per heavy atom. The molecular formula is C16H16F2N4. The molecule has 0 radical (unpaired) electrons. The molecule has 0 fully saturated rings. The van der Waals surface area contributed by atoms with E-state index in [9.17, 15) is 8.78 Å². The average molecular weight is 302 g/mol. The number of hydrogen-bond donors (Lipinski definition) is 2. The lowest BCUT2D eigenvalue weighted by Gasteiger charge is -2.28. The van der Waals surface area contributed by atoms with Crippen molar-refractivity contribution in [2.24, 2.45) is 0 Å². The molecule has 0 saturated carbocycles. The van der Waals surface area contributed by atoms with Gasteiger partial charge in [0.05, 0.1) is 5.69 Å². The van der Waals surface area contributed by atoms with Crippen LogP contribution in [0.2, 0.25) is 0 Å². The second kappa shape index (κ2) is 5.29. The van der Waals surface area contributed by atoms with E-state index in [4.69, 9.17) is 5.73 Å². The predicted octanol–water partition coefficient (Wildman–Crippen LogP) is 2.97. The van der Waals surface area contributed by atoms with E-state index in [2.05, 4.69) is 10.3 Å². The molecule has 3 N–H and O–H groups in total. The molecule has 6 heteroatoms. The monoisotopic (exact) mass is 302 g/mol. The molecule has 2 aromatic rings.